The van der Waals surface area contributed by atoms with Crippen LogP contribution < -0.4 is 15.8 Å². The average molecular weight is 278 g/mol. The molecule has 0 aliphatic heterocycles. The number of carbonyl (C=O) groups excluding carboxylic acids is 1. The predicted molar refractivity (Wildman–Crippen MR) is 81.8 cm³/mol. The van der Waals surface area contributed by atoms with Gasteiger partial charge in [0.1, 0.15) is 5.75 Å². The fraction of sp³-hybridized carbons (Fsp3) is 0.562. The van der Waals surface area contributed by atoms with E-state index in [0.717, 1.165) is 18.6 Å². The Hall–Kier alpha value is -1.55. The molecule has 0 aromatic heterocycles. The van der Waals surface area contributed by atoms with E-state index in [1.807, 2.05) is 45.0 Å². The smallest absolute Gasteiger partial charge is 0.223 e. The topological polar surface area (TPSA) is 64.3 Å². The van der Waals surface area contributed by atoms with Crippen molar-refractivity contribution >= 4 is 5.91 Å². The molecule has 20 heavy (non-hydrogen) atoms. The zero-order valence-corrected chi connectivity index (χ0v) is 12.7. The summed E-state index contributed by atoms with van der Waals surface area (Å²) in [5.74, 6) is 0.820. The van der Waals surface area contributed by atoms with Crippen LogP contribution in [0.3, 0.4) is 0 Å². The molecule has 0 heterocycles. The number of hydrogen-bond donors (Lipinski definition) is 2. The van der Waals surface area contributed by atoms with Gasteiger partial charge in [-0.1, -0.05) is 12.1 Å². The minimum Gasteiger partial charge on any atom is -0.493 e. The first-order valence-corrected chi connectivity index (χ1v) is 7.24. The van der Waals surface area contributed by atoms with Gasteiger partial charge in [0.15, 0.2) is 0 Å². The number of amides is 1. The van der Waals surface area contributed by atoms with Crippen LogP contribution in [0.1, 0.15) is 39.2 Å². The largest absolute Gasteiger partial charge is 0.493 e. The third-order valence-corrected chi connectivity index (χ3v) is 2.86. The van der Waals surface area contributed by atoms with E-state index in [0.29, 0.717) is 13.0 Å². The van der Waals surface area contributed by atoms with Gasteiger partial charge < -0.3 is 15.8 Å². The Labute approximate surface area is 121 Å². The van der Waals surface area contributed by atoms with Gasteiger partial charge in [-0.3, -0.25) is 4.79 Å². The highest BCUT2D eigenvalue weighted by Gasteiger charge is 2.03. The number of nitrogens with two attached hydrogens (primary N) is 1. The minimum atomic E-state index is 0.0218. The van der Waals surface area contributed by atoms with Gasteiger partial charge in [0.2, 0.25) is 5.91 Å². The summed E-state index contributed by atoms with van der Waals surface area (Å²) >= 11 is 0. The molecule has 0 spiro atoms. The summed E-state index contributed by atoms with van der Waals surface area (Å²) < 4.78 is 5.55. The number of rotatable bonds is 8. The molecule has 0 radical (unpaired) electrons. The van der Waals surface area contributed by atoms with Crippen molar-refractivity contribution in [3.05, 3.63) is 29.8 Å². The standard InChI is InChI=1S/C16H26N2O2/c1-12(2)18-16(19)10-11-20-15-8-6-14(7-9-15)5-4-13(3)17/h6-9,12-13H,4-5,10-11,17H2,1-3H3,(H,18,19). The van der Waals surface area contributed by atoms with E-state index in [9.17, 15) is 4.79 Å². The molecule has 0 saturated heterocycles. The fourth-order valence-corrected chi connectivity index (χ4v) is 1.80. The lowest BCUT2D eigenvalue weighted by Gasteiger charge is -2.10. The van der Waals surface area contributed by atoms with Crippen molar-refractivity contribution < 1.29 is 9.53 Å². The second kappa shape index (κ2) is 8.59. The van der Waals surface area contributed by atoms with E-state index in [1.54, 1.807) is 0 Å². The molecule has 0 bridgehead atoms. The second-order valence-corrected chi connectivity index (χ2v) is 5.48. The van der Waals surface area contributed by atoms with E-state index < -0.39 is 0 Å². The Morgan fingerprint density at radius 3 is 2.45 bits per heavy atom. The van der Waals surface area contributed by atoms with Gasteiger partial charge in [0.25, 0.3) is 0 Å². The quantitative estimate of drug-likeness (QED) is 0.766. The Bertz CT molecular complexity index is 399. The maximum Gasteiger partial charge on any atom is 0.223 e. The van der Waals surface area contributed by atoms with Gasteiger partial charge in [-0.2, -0.15) is 0 Å². The van der Waals surface area contributed by atoms with Gasteiger partial charge >= 0.3 is 0 Å². The number of hydrogen-bond acceptors (Lipinski definition) is 3. The zero-order chi connectivity index (χ0) is 15.0. The summed E-state index contributed by atoms with van der Waals surface area (Å²) in [6.45, 7) is 6.30. The van der Waals surface area contributed by atoms with Gasteiger partial charge in [0.05, 0.1) is 13.0 Å². The monoisotopic (exact) mass is 278 g/mol. The molecule has 1 unspecified atom stereocenters. The summed E-state index contributed by atoms with van der Waals surface area (Å²) in [6.07, 6.45) is 2.34. The molecule has 1 atom stereocenters. The van der Waals surface area contributed by atoms with Crippen molar-refractivity contribution in [2.24, 2.45) is 5.73 Å². The number of benzene rings is 1. The van der Waals surface area contributed by atoms with Crippen molar-refractivity contribution in [2.45, 2.75) is 52.1 Å². The summed E-state index contributed by atoms with van der Waals surface area (Å²) in [5.41, 5.74) is 6.99. The molecule has 3 N–H and O–H groups in total. The number of carbonyl (C=O) groups is 1. The third-order valence-electron chi connectivity index (χ3n) is 2.86. The normalized spacial score (nSPS) is 12.2. The predicted octanol–water partition coefficient (Wildman–Crippen LogP) is 2.26. The summed E-state index contributed by atoms with van der Waals surface area (Å²) in [5, 5.41) is 2.83. The van der Waals surface area contributed by atoms with Crippen LogP contribution in [0.5, 0.6) is 5.75 Å². The van der Waals surface area contributed by atoms with Crippen LogP contribution in [0.4, 0.5) is 0 Å². The highest BCUT2D eigenvalue weighted by molar-refractivity contribution is 5.76. The molecular weight excluding hydrogens is 252 g/mol. The van der Waals surface area contributed by atoms with E-state index in [-0.39, 0.29) is 18.0 Å². The van der Waals surface area contributed by atoms with Crippen LogP contribution in [0.2, 0.25) is 0 Å². The van der Waals surface area contributed by atoms with Crippen LogP contribution in [-0.4, -0.2) is 24.6 Å². The van der Waals surface area contributed by atoms with Crippen molar-refractivity contribution in [3.63, 3.8) is 0 Å². The van der Waals surface area contributed by atoms with Crippen LogP contribution in [0, 0.1) is 0 Å². The lowest BCUT2D eigenvalue weighted by Crippen LogP contribution is -2.31. The maximum atomic E-state index is 11.4. The number of nitrogens with one attached hydrogen (secondary N) is 1. The lowest BCUT2D eigenvalue weighted by molar-refractivity contribution is -0.122. The highest BCUT2D eigenvalue weighted by Crippen LogP contribution is 2.14. The van der Waals surface area contributed by atoms with E-state index >= 15 is 0 Å². The van der Waals surface area contributed by atoms with Gasteiger partial charge in [0, 0.05) is 12.1 Å². The lowest BCUT2D eigenvalue weighted by atomic mass is 10.1. The molecule has 112 valence electrons. The van der Waals surface area contributed by atoms with Gasteiger partial charge in [-0.05, 0) is 51.3 Å². The van der Waals surface area contributed by atoms with Gasteiger partial charge in [-0.25, -0.2) is 0 Å². The minimum absolute atomic E-state index is 0.0218. The highest BCUT2D eigenvalue weighted by atomic mass is 16.5. The van der Waals surface area contributed by atoms with Crippen molar-refractivity contribution in [3.8, 4) is 5.75 Å². The first kappa shape index (κ1) is 16.5. The van der Waals surface area contributed by atoms with E-state index in [4.69, 9.17) is 10.5 Å². The summed E-state index contributed by atoms with van der Waals surface area (Å²) in [7, 11) is 0. The maximum absolute atomic E-state index is 11.4. The average Bonchev–Trinajstić information content (AvgIpc) is 2.37. The van der Waals surface area contributed by atoms with Crippen LogP contribution in [-0.2, 0) is 11.2 Å². The number of aryl methyl sites for hydroxylation is 1. The molecule has 1 aromatic carbocycles. The summed E-state index contributed by atoms with van der Waals surface area (Å²) in [4.78, 5) is 11.4. The molecular formula is C16H26N2O2. The molecule has 4 heteroatoms. The fourth-order valence-electron chi connectivity index (χ4n) is 1.80. The molecule has 0 saturated carbocycles. The Kier molecular flexibility index (Phi) is 7.09. The zero-order valence-electron chi connectivity index (χ0n) is 12.7. The molecule has 1 aromatic rings. The van der Waals surface area contributed by atoms with Crippen molar-refractivity contribution in [2.75, 3.05) is 6.61 Å². The van der Waals surface area contributed by atoms with Crippen molar-refractivity contribution in [1.29, 1.82) is 0 Å². The summed E-state index contributed by atoms with van der Waals surface area (Å²) in [6, 6.07) is 8.38. The Morgan fingerprint density at radius 1 is 1.25 bits per heavy atom. The van der Waals surface area contributed by atoms with Gasteiger partial charge in [-0.15, -0.1) is 0 Å². The first-order chi connectivity index (χ1) is 9.47. The third kappa shape index (κ3) is 7.14. The van der Waals surface area contributed by atoms with E-state index in [1.165, 1.54) is 5.56 Å². The SMILES string of the molecule is CC(N)CCc1ccc(OCCC(=O)NC(C)C)cc1. The second-order valence-electron chi connectivity index (χ2n) is 5.48. The molecule has 4 nitrogen and oxygen atoms in total. The molecule has 1 rings (SSSR count). The van der Waals surface area contributed by atoms with Crippen LogP contribution >= 0.6 is 0 Å². The van der Waals surface area contributed by atoms with Crippen LogP contribution in [0.15, 0.2) is 24.3 Å². The van der Waals surface area contributed by atoms with Crippen LogP contribution in [0.25, 0.3) is 0 Å². The van der Waals surface area contributed by atoms with E-state index in [2.05, 4.69) is 5.32 Å². The Balaban J connectivity index is 2.29. The molecule has 0 fully saturated rings. The molecule has 1 amide bonds. The first-order valence-electron chi connectivity index (χ1n) is 7.24. The Morgan fingerprint density at radius 2 is 1.90 bits per heavy atom. The molecule has 0 aliphatic carbocycles. The molecule has 0 aliphatic rings. The number of ether oxygens (including phenoxy) is 1. The van der Waals surface area contributed by atoms with Crippen molar-refractivity contribution in [1.82, 2.24) is 5.32 Å².